The summed E-state index contributed by atoms with van der Waals surface area (Å²) in [7, 11) is 0. The Balaban J connectivity index is 1.41. The minimum atomic E-state index is -0.280. The van der Waals surface area contributed by atoms with Gasteiger partial charge >= 0.3 is 5.69 Å². The summed E-state index contributed by atoms with van der Waals surface area (Å²) >= 11 is 1.61. The third-order valence-electron chi connectivity index (χ3n) is 3.63. The summed E-state index contributed by atoms with van der Waals surface area (Å²) < 4.78 is 5.82. The van der Waals surface area contributed by atoms with E-state index >= 15 is 0 Å². The highest BCUT2D eigenvalue weighted by Gasteiger charge is 2.00. The minimum absolute atomic E-state index is 0.280. The van der Waals surface area contributed by atoms with Crippen LogP contribution in [0, 0.1) is 6.92 Å². The molecule has 0 aliphatic heterocycles. The molecule has 0 bridgehead atoms. The van der Waals surface area contributed by atoms with Crippen LogP contribution in [0.5, 0.6) is 5.75 Å². The van der Waals surface area contributed by atoms with E-state index in [0.717, 1.165) is 35.1 Å². The Morgan fingerprint density at radius 2 is 1.92 bits per heavy atom. The zero-order chi connectivity index (χ0) is 16.8. The topological polar surface area (TPSA) is 55.0 Å². The van der Waals surface area contributed by atoms with E-state index in [1.54, 1.807) is 11.8 Å². The Morgan fingerprint density at radius 3 is 2.75 bits per heavy atom. The van der Waals surface area contributed by atoms with E-state index in [2.05, 4.69) is 34.2 Å². The van der Waals surface area contributed by atoms with E-state index in [-0.39, 0.29) is 5.69 Å². The number of hydrogen-bond acceptors (Lipinski definition) is 4. The lowest BCUT2D eigenvalue weighted by Crippen LogP contribution is -2.11. The third-order valence-corrected chi connectivity index (χ3v) is 4.63. The lowest BCUT2D eigenvalue weighted by Gasteiger charge is -2.07. The number of thioether (sulfide) groups is 1. The molecule has 0 saturated heterocycles. The lowest BCUT2D eigenvalue weighted by atomic mass is 10.1. The Labute approximate surface area is 145 Å². The van der Waals surface area contributed by atoms with Crippen LogP contribution in [0.25, 0.3) is 10.8 Å². The highest BCUT2D eigenvalue weighted by molar-refractivity contribution is 7.99. The van der Waals surface area contributed by atoms with Gasteiger partial charge in [-0.25, -0.2) is 4.79 Å². The average molecular weight is 340 g/mol. The summed E-state index contributed by atoms with van der Waals surface area (Å²) in [4.78, 5) is 17.9. The number of aryl methyl sites for hydroxylation is 1. The normalized spacial score (nSPS) is 10.9. The fourth-order valence-corrected chi connectivity index (χ4v) is 3.42. The quantitative estimate of drug-likeness (QED) is 0.398. The molecule has 0 aliphatic rings. The van der Waals surface area contributed by atoms with E-state index in [1.165, 1.54) is 10.8 Å². The molecule has 0 atom stereocenters. The van der Waals surface area contributed by atoms with Crippen molar-refractivity contribution in [2.75, 3.05) is 12.4 Å². The molecule has 0 unspecified atom stereocenters. The first-order valence-corrected chi connectivity index (χ1v) is 9.02. The Bertz CT molecular complexity index is 876. The maximum atomic E-state index is 11.3. The maximum Gasteiger partial charge on any atom is 0.346 e. The van der Waals surface area contributed by atoms with Crippen molar-refractivity contribution in [3.63, 3.8) is 0 Å². The van der Waals surface area contributed by atoms with Crippen molar-refractivity contribution in [3.05, 3.63) is 64.7 Å². The SMILES string of the molecule is Cc1cc(SCCCCOc2ccc3ccccc3c2)nc(=O)[nH]1. The first-order chi connectivity index (χ1) is 11.7. The molecule has 0 spiro atoms. The number of benzene rings is 2. The van der Waals surface area contributed by atoms with E-state index in [4.69, 9.17) is 4.74 Å². The van der Waals surface area contributed by atoms with Crippen LogP contribution in [-0.4, -0.2) is 22.3 Å². The number of rotatable bonds is 7. The minimum Gasteiger partial charge on any atom is -0.494 e. The molecule has 3 aromatic rings. The Hall–Kier alpha value is -2.27. The van der Waals surface area contributed by atoms with Crippen molar-refractivity contribution in [2.24, 2.45) is 0 Å². The number of nitrogens with zero attached hydrogens (tertiary/aromatic N) is 1. The first kappa shape index (κ1) is 16.6. The maximum absolute atomic E-state index is 11.3. The van der Waals surface area contributed by atoms with Gasteiger partial charge in [0.2, 0.25) is 0 Å². The second-order valence-electron chi connectivity index (χ2n) is 5.62. The molecular weight excluding hydrogens is 320 g/mol. The second kappa shape index (κ2) is 8.02. The summed E-state index contributed by atoms with van der Waals surface area (Å²) in [6, 6.07) is 16.3. The average Bonchev–Trinajstić information content (AvgIpc) is 2.57. The number of aromatic amines is 1. The van der Waals surface area contributed by atoms with Gasteiger partial charge in [-0.15, -0.1) is 11.8 Å². The van der Waals surface area contributed by atoms with Gasteiger partial charge in [-0.2, -0.15) is 4.98 Å². The second-order valence-corrected chi connectivity index (χ2v) is 6.74. The highest BCUT2D eigenvalue weighted by atomic mass is 32.2. The van der Waals surface area contributed by atoms with Gasteiger partial charge in [0.15, 0.2) is 0 Å². The van der Waals surface area contributed by atoms with E-state index in [1.807, 2.05) is 31.2 Å². The summed E-state index contributed by atoms with van der Waals surface area (Å²) in [5.74, 6) is 1.84. The largest absolute Gasteiger partial charge is 0.494 e. The molecule has 1 aromatic heterocycles. The molecular formula is C19H20N2O2S. The first-order valence-electron chi connectivity index (χ1n) is 8.03. The molecule has 0 fully saturated rings. The predicted octanol–water partition coefficient (Wildman–Crippen LogP) is 4.18. The lowest BCUT2D eigenvalue weighted by molar-refractivity contribution is 0.310. The molecule has 1 N–H and O–H groups in total. The van der Waals surface area contributed by atoms with E-state index in [0.29, 0.717) is 6.61 Å². The monoisotopic (exact) mass is 340 g/mol. The van der Waals surface area contributed by atoms with Crippen molar-refractivity contribution in [1.82, 2.24) is 9.97 Å². The third kappa shape index (κ3) is 4.61. The van der Waals surface area contributed by atoms with Gasteiger partial charge in [-0.05, 0) is 54.5 Å². The number of ether oxygens (including phenoxy) is 1. The molecule has 3 rings (SSSR count). The fraction of sp³-hybridized carbons (Fsp3) is 0.263. The van der Waals surface area contributed by atoms with Crippen molar-refractivity contribution in [3.8, 4) is 5.75 Å². The molecule has 0 radical (unpaired) electrons. The number of nitrogens with one attached hydrogen (secondary N) is 1. The van der Waals surface area contributed by atoms with Gasteiger partial charge < -0.3 is 9.72 Å². The van der Waals surface area contributed by atoms with Gasteiger partial charge in [0.1, 0.15) is 10.8 Å². The van der Waals surface area contributed by atoms with Crippen LogP contribution in [0.15, 0.2) is 58.4 Å². The molecule has 124 valence electrons. The van der Waals surface area contributed by atoms with E-state index < -0.39 is 0 Å². The van der Waals surface area contributed by atoms with Crippen LogP contribution in [-0.2, 0) is 0 Å². The van der Waals surface area contributed by atoms with Crippen molar-refractivity contribution in [2.45, 2.75) is 24.8 Å². The van der Waals surface area contributed by atoms with Crippen LogP contribution in [0.4, 0.5) is 0 Å². The number of fused-ring (bicyclic) bond motifs is 1. The van der Waals surface area contributed by atoms with Crippen molar-refractivity contribution < 1.29 is 4.74 Å². The number of aromatic nitrogens is 2. The molecule has 5 heteroatoms. The molecule has 2 aromatic carbocycles. The van der Waals surface area contributed by atoms with Crippen LogP contribution in [0.2, 0.25) is 0 Å². The fourth-order valence-electron chi connectivity index (χ4n) is 2.45. The van der Waals surface area contributed by atoms with Gasteiger partial charge in [0, 0.05) is 5.69 Å². The smallest absolute Gasteiger partial charge is 0.346 e. The number of hydrogen-bond donors (Lipinski definition) is 1. The van der Waals surface area contributed by atoms with Gasteiger partial charge in [-0.1, -0.05) is 30.3 Å². The Kier molecular flexibility index (Phi) is 5.54. The molecule has 0 saturated carbocycles. The zero-order valence-electron chi connectivity index (χ0n) is 13.6. The van der Waals surface area contributed by atoms with Gasteiger partial charge in [0.25, 0.3) is 0 Å². The molecule has 0 aliphatic carbocycles. The zero-order valence-corrected chi connectivity index (χ0v) is 14.4. The molecule has 4 nitrogen and oxygen atoms in total. The molecule has 1 heterocycles. The van der Waals surface area contributed by atoms with Crippen LogP contribution < -0.4 is 10.4 Å². The van der Waals surface area contributed by atoms with Gasteiger partial charge in [-0.3, -0.25) is 0 Å². The van der Waals surface area contributed by atoms with Gasteiger partial charge in [0.05, 0.1) is 6.61 Å². The number of H-pyrrole nitrogens is 1. The molecule has 24 heavy (non-hydrogen) atoms. The predicted molar refractivity (Wildman–Crippen MR) is 99.0 cm³/mol. The summed E-state index contributed by atoms with van der Waals surface area (Å²) in [6.45, 7) is 2.56. The summed E-state index contributed by atoms with van der Waals surface area (Å²) in [5.41, 5.74) is 0.564. The standard InChI is InChI=1S/C19H20N2O2S/c1-14-12-18(21-19(22)20-14)24-11-5-4-10-23-17-9-8-15-6-2-3-7-16(15)13-17/h2-3,6-9,12-13H,4-5,10-11H2,1H3,(H,20,21,22). The van der Waals surface area contributed by atoms with Crippen molar-refractivity contribution in [1.29, 1.82) is 0 Å². The Morgan fingerprint density at radius 1 is 1.08 bits per heavy atom. The summed E-state index contributed by atoms with van der Waals surface area (Å²) in [5, 5.41) is 3.20. The van der Waals surface area contributed by atoms with Crippen LogP contribution in [0.3, 0.4) is 0 Å². The van der Waals surface area contributed by atoms with Crippen molar-refractivity contribution >= 4 is 22.5 Å². The number of unbranched alkanes of at least 4 members (excludes halogenated alkanes) is 1. The van der Waals surface area contributed by atoms with Crippen LogP contribution >= 0.6 is 11.8 Å². The summed E-state index contributed by atoms with van der Waals surface area (Å²) in [6.07, 6.45) is 1.99. The highest BCUT2D eigenvalue weighted by Crippen LogP contribution is 2.21. The van der Waals surface area contributed by atoms with Crippen LogP contribution in [0.1, 0.15) is 18.5 Å². The van der Waals surface area contributed by atoms with E-state index in [9.17, 15) is 4.79 Å². The molecule has 0 amide bonds.